The summed E-state index contributed by atoms with van der Waals surface area (Å²) in [6.45, 7) is 1.13. The fourth-order valence-electron chi connectivity index (χ4n) is 4.10. The van der Waals surface area contributed by atoms with Crippen LogP contribution in [0.25, 0.3) is 0 Å². The van der Waals surface area contributed by atoms with Crippen molar-refractivity contribution in [2.75, 3.05) is 20.6 Å². The number of pyridine rings is 1. The van der Waals surface area contributed by atoms with E-state index < -0.39 is 0 Å². The van der Waals surface area contributed by atoms with Crippen molar-refractivity contribution >= 4 is 27.7 Å². The van der Waals surface area contributed by atoms with Crippen LogP contribution in [0, 0.1) is 0 Å². The van der Waals surface area contributed by atoms with Gasteiger partial charge in [-0.15, -0.1) is 0 Å². The molecule has 1 aliphatic carbocycles. The van der Waals surface area contributed by atoms with E-state index in [1.807, 2.05) is 29.2 Å². The summed E-state index contributed by atoms with van der Waals surface area (Å²) in [5.41, 5.74) is 3.18. The molecule has 0 radical (unpaired) electrons. The molecule has 2 aliphatic rings. The summed E-state index contributed by atoms with van der Waals surface area (Å²) in [6, 6.07) is 11.4. The molecule has 4 rings (SSSR count). The van der Waals surface area contributed by atoms with Crippen LogP contribution in [-0.2, 0) is 12.0 Å². The van der Waals surface area contributed by atoms with E-state index in [9.17, 15) is 9.59 Å². The predicted octanol–water partition coefficient (Wildman–Crippen LogP) is 3.62. The molecule has 140 valence electrons. The molecule has 1 aliphatic heterocycles. The number of hydrogen-bond donors (Lipinski definition) is 0. The third-order valence-corrected chi connectivity index (χ3v) is 6.15. The van der Waals surface area contributed by atoms with E-state index in [2.05, 4.69) is 27.0 Å². The highest BCUT2D eigenvalue weighted by atomic mass is 79.9. The standard InChI is InChI=1S/C21H22BrN3O2/c1-24(2)20(27)18-6-3-5-15(23-18)12-25-13-21(9-4-10-21)17-11-14(22)7-8-16(17)19(25)26/h3,5-8,11H,4,9-10,12-13H2,1-2H3. The maximum absolute atomic E-state index is 13.1. The van der Waals surface area contributed by atoms with Gasteiger partial charge in [0.2, 0.25) is 0 Å². The molecule has 0 saturated heterocycles. The van der Waals surface area contributed by atoms with Gasteiger partial charge in [0, 0.05) is 36.1 Å². The molecular formula is C21H22BrN3O2. The van der Waals surface area contributed by atoms with E-state index in [0.29, 0.717) is 18.8 Å². The van der Waals surface area contributed by atoms with E-state index in [0.717, 1.165) is 28.6 Å². The molecule has 2 amide bonds. The average molecular weight is 428 g/mol. The van der Waals surface area contributed by atoms with Crippen LogP contribution in [0.5, 0.6) is 0 Å². The Kier molecular flexibility index (Phi) is 4.54. The Hall–Kier alpha value is -2.21. The number of fused-ring (bicyclic) bond motifs is 2. The van der Waals surface area contributed by atoms with Crippen molar-refractivity contribution in [1.29, 1.82) is 0 Å². The van der Waals surface area contributed by atoms with E-state index in [-0.39, 0.29) is 17.2 Å². The van der Waals surface area contributed by atoms with Crippen molar-refractivity contribution in [3.63, 3.8) is 0 Å². The number of carbonyl (C=O) groups excluding carboxylic acids is 2. The van der Waals surface area contributed by atoms with Crippen LogP contribution in [0.2, 0.25) is 0 Å². The van der Waals surface area contributed by atoms with Gasteiger partial charge in [0.05, 0.1) is 12.2 Å². The number of rotatable bonds is 3. The lowest BCUT2D eigenvalue weighted by molar-refractivity contribution is 0.0567. The van der Waals surface area contributed by atoms with Crippen LogP contribution in [0.4, 0.5) is 0 Å². The zero-order valence-corrected chi connectivity index (χ0v) is 17.1. The minimum atomic E-state index is -0.132. The van der Waals surface area contributed by atoms with Crippen molar-refractivity contribution in [3.05, 3.63) is 63.4 Å². The molecule has 27 heavy (non-hydrogen) atoms. The minimum Gasteiger partial charge on any atom is -0.343 e. The van der Waals surface area contributed by atoms with Crippen molar-refractivity contribution in [2.45, 2.75) is 31.2 Å². The Morgan fingerprint density at radius 3 is 2.70 bits per heavy atom. The van der Waals surface area contributed by atoms with Crippen LogP contribution in [0.15, 0.2) is 40.9 Å². The summed E-state index contributed by atoms with van der Waals surface area (Å²) >= 11 is 3.55. The molecule has 0 atom stereocenters. The summed E-state index contributed by atoms with van der Waals surface area (Å²) < 4.78 is 1.02. The summed E-state index contributed by atoms with van der Waals surface area (Å²) in [5.74, 6) is -0.0892. The molecule has 1 fully saturated rings. The van der Waals surface area contributed by atoms with Gasteiger partial charge in [-0.1, -0.05) is 28.4 Å². The Morgan fingerprint density at radius 2 is 2.04 bits per heavy atom. The Labute approximate surface area is 167 Å². The normalized spacial score (nSPS) is 17.4. The molecule has 0 bridgehead atoms. The largest absolute Gasteiger partial charge is 0.343 e. The number of amides is 2. The van der Waals surface area contributed by atoms with Crippen LogP contribution in [0.1, 0.15) is 51.4 Å². The molecule has 1 aromatic heterocycles. The Bertz CT molecular complexity index is 921. The highest BCUT2D eigenvalue weighted by Gasteiger charge is 2.47. The highest BCUT2D eigenvalue weighted by molar-refractivity contribution is 9.10. The molecule has 0 unspecified atom stereocenters. The Balaban J connectivity index is 1.64. The second kappa shape index (κ2) is 6.75. The molecule has 0 N–H and O–H groups in total. The zero-order valence-electron chi connectivity index (χ0n) is 15.5. The molecule has 5 nitrogen and oxygen atoms in total. The summed E-state index contributed by atoms with van der Waals surface area (Å²) in [4.78, 5) is 33.2. The predicted molar refractivity (Wildman–Crippen MR) is 107 cm³/mol. The maximum Gasteiger partial charge on any atom is 0.271 e. The number of benzene rings is 1. The smallest absolute Gasteiger partial charge is 0.271 e. The number of carbonyl (C=O) groups is 2. The van der Waals surface area contributed by atoms with Gasteiger partial charge < -0.3 is 9.80 Å². The molecule has 6 heteroatoms. The first-order valence-corrected chi connectivity index (χ1v) is 9.96. The molecule has 1 aromatic carbocycles. The lowest BCUT2D eigenvalue weighted by Gasteiger charge is -2.49. The first-order chi connectivity index (χ1) is 12.9. The van der Waals surface area contributed by atoms with Gasteiger partial charge in [0.1, 0.15) is 5.69 Å². The topological polar surface area (TPSA) is 53.5 Å². The van der Waals surface area contributed by atoms with E-state index in [1.165, 1.54) is 16.9 Å². The third kappa shape index (κ3) is 3.16. The fourth-order valence-corrected chi connectivity index (χ4v) is 4.47. The molecule has 2 aromatic rings. The monoisotopic (exact) mass is 427 g/mol. The minimum absolute atomic E-state index is 0.0427. The highest BCUT2D eigenvalue weighted by Crippen LogP contribution is 2.49. The summed E-state index contributed by atoms with van der Waals surface area (Å²) in [5, 5.41) is 0. The van der Waals surface area contributed by atoms with E-state index in [4.69, 9.17) is 0 Å². The quantitative estimate of drug-likeness (QED) is 0.751. The summed E-state index contributed by atoms with van der Waals surface area (Å²) in [6.07, 6.45) is 3.40. The summed E-state index contributed by atoms with van der Waals surface area (Å²) in [7, 11) is 3.42. The van der Waals surface area contributed by atoms with Crippen molar-refractivity contribution in [3.8, 4) is 0 Å². The average Bonchev–Trinajstić information content (AvgIpc) is 2.62. The first-order valence-electron chi connectivity index (χ1n) is 9.16. The third-order valence-electron chi connectivity index (χ3n) is 5.66. The fraction of sp³-hybridized carbons (Fsp3) is 0.381. The van der Waals surface area contributed by atoms with Crippen LogP contribution >= 0.6 is 15.9 Å². The maximum atomic E-state index is 13.1. The number of aromatic nitrogens is 1. The van der Waals surface area contributed by atoms with Crippen LogP contribution in [-0.4, -0.2) is 47.2 Å². The number of halogens is 1. The second-order valence-electron chi connectivity index (χ2n) is 7.70. The number of nitrogens with zero attached hydrogens (tertiary/aromatic N) is 3. The van der Waals surface area contributed by atoms with Gasteiger partial charge in [0.25, 0.3) is 11.8 Å². The van der Waals surface area contributed by atoms with E-state index in [1.54, 1.807) is 20.2 Å². The van der Waals surface area contributed by atoms with Gasteiger partial charge in [-0.2, -0.15) is 0 Å². The van der Waals surface area contributed by atoms with Gasteiger partial charge in [-0.3, -0.25) is 9.59 Å². The van der Waals surface area contributed by atoms with Gasteiger partial charge in [-0.25, -0.2) is 4.98 Å². The first kappa shape index (κ1) is 18.2. The molecule has 1 spiro atoms. The molecular weight excluding hydrogens is 406 g/mol. The van der Waals surface area contributed by atoms with Crippen molar-refractivity contribution in [2.24, 2.45) is 0 Å². The van der Waals surface area contributed by atoms with Crippen LogP contribution < -0.4 is 0 Å². The van der Waals surface area contributed by atoms with E-state index >= 15 is 0 Å². The SMILES string of the molecule is CN(C)C(=O)c1cccc(CN2CC3(CCC3)c3cc(Br)ccc3C2=O)n1. The lowest BCUT2D eigenvalue weighted by Crippen LogP contribution is -2.52. The molecule has 2 heterocycles. The van der Waals surface area contributed by atoms with Crippen molar-refractivity contribution in [1.82, 2.24) is 14.8 Å². The lowest BCUT2D eigenvalue weighted by atomic mass is 9.61. The zero-order chi connectivity index (χ0) is 19.2. The molecule has 1 saturated carbocycles. The number of hydrogen-bond acceptors (Lipinski definition) is 3. The Morgan fingerprint density at radius 1 is 1.26 bits per heavy atom. The van der Waals surface area contributed by atoms with Gasteiger partial charge in [-0.05, 0) is 48.7 Å². The van der Waals surface area contributed by atoms with Gasteiger partial charge in [0.15, 0.2) is 0 Å². The van der Waals surface area contributed by atoms with Crippen molar-refractivity contribution < 1.29 is 9.59 Å². The second-order valence-corrected chi connectivity index (χ2v) is 8.61. The van der Waals surface area contributed by atoms with Gasteiger partial charge >= 0.3 is 0 Å². The van der Waals surface area contributed by atoms with Crippen LogP contribution in [0.3, 0.4) is 0 Å².